The van der Waals surface area contributed by atoms with Crippen LogP contribution in [0.15, 0.2) is 18.2 Å². The van der Waals surface area contributed by atoms with Gasteiger partial charge in [-0.25, -0.2) is 0 Å². The van der Waals surface area contributed by atoms with Crippen molar-refractivity contribution in [3.63, 3.8) is 0 Å². The van der Waals surface area contributed by atoms with Gasteiger partial charge in [-0.1, -0.05) is 6.07 Å². The van der Waals surface area contributed by atoms with Crippen molar-refractivity contribution in [2.24, 2.45) is 0 Å². The predicted octanol–water partition coefficient (Wildman–Crippen LogP) is 1.24. The van der Waals surface area contributed by atoms with E-state index in [1.165, 1.54) is 0 Å². The summed E-state index contributed by atoms with van der Waals surface area (Å²) in [6.07, 6.45) is 0.972. The van der Waals surface area contributed by atoms with Crippen molar-refractivity contribution in [1.29, 1.82) is 0 Å². The molecular formula is C14H21N3O2. The largest absolute Gasteiger partial charge is 0.397 e. The fraction of sp³-hybridized carbons (Fsp3) is 0.500. The molecule has 0 aromatic heterocycles. The minimum absolute atomic E-state index is 0.0301. The minimum Gasteiger partial charge on any atom is -0.397 e. The van der Waals surface area contributed by atoms with E-state index in [9.17, 15) is 4.79 Å². The van der Waals surface area contributed by atoms with Gasteiger partial charge < -0.3 is 15.8 Å². The van der Waals surface area contributed by atoms with E-state index in [-0.39, 0.29) is 5.91 Å². The van der Waals surface area contributed by atoms with Crippen LogP contribution in [0.3, 0.4) is 0 Å². The zero-order chi connectivity index (χ0) is 13.7. The average Bonchev–Trinajstić information content (AvgIpc) is 2.61. The van der Waals surface area contributed by atoms with Gasteiger partial charge in [-0.15, -0.1) is 0 Å². The number of aryl methyl sites for hydroxylation is 1. The highest BCUT2D eigenvalue weighted by atomic mass is 16.5. The molecule has 0 unspecified atom stereocenters. The van der Waals surface area contributed by atoms with Gasteiger partial charge in [0.05, 0.1) is 24.5 Å². The number of nitrogens with zero attached hydrogens (tertiary/aromatic N) is 1. The van der Waals surface area contributed by atoms with Crippen LogP contribution >= 0.6 is 0 Å². The van der Waals surface area contributed by atoms with Crippen molar-refractivity contribution in [3.05, 3.63) is 23.8 Å². The van der Waals surface area contributed by atoms with Gasteiger partial charge in [0.1, 0.15) is 0 Å². The highest BCUT2D eigenvalue weighted by Crippen LogP contribution is 2.19. The third-order valence-electron chi connectivity index (χ3n) is 3.16. The van der Waals surface area contributed by atoms with E-state index in [0.29, 0.717) is 24.5 Å². The third-order valence-corrected chi connectivity index (χ3v) is 3.16. The average molecular weight is 263 g/mol. The van der Waals surface area contributed by atoms with Crippen LogP contribution in [0.25, 0.3) is 0 Å². The van der Waals surface area contributed by atoms with Crippen molar-refractivity contribution in [2.45, 2.75) is 13.3 Å². The van der Waals surface area contributed by atoms with E-state index < -0.39 is 0 Å². The zero-order valence-electron chi connectivity index (χ0n) is 11.3. The Labute approximate surface area is 113 Å². The lowest BCUT2D eigenvalue weighted by Gasteiger charge is -2.18. The standard InChI is InChI=1S/C14H21N3O2/c1-11-3-4-13(12(15)9-11)16-14(18)10-17-5-2-7-19-8-6-17/h3-4,9H,2,5-8,10,15H2,1H3,(H,16,18). The smallest absolute Gasteiger partial charge is 0.238 e. The minimum atomic E-state index is -0.0301. The summed E-state index contributed by atoms with van der Waals surface area (Å²) in [6.45, 7) is 5.53. The van der Waals surface area contributed by atoms with Crippen LogP contribution in [-0.2, 0) is 9.53 Å². The highest BCUT2D eigenvalue weighted by molar-refractivity contribution is 5.95. The molecule has 19 heavy (non-hydrogen) atoms. The van der Waals surface area contributed by atoms with E-state index >= 15 is 0 Å². The maximum absolute atomic E-state index is 12.0. The van der Waals surface area contributed by atoms with Crippen molar-refractivity contribution >= 4 is 17.3 Å². The summed E-state index contributed by atoms with van der Waals surface area (Å²) in [5, 5.41) is 2.86. The summed E-state index contributed by atoms with van der Waals surface area (Å²) in [4.78, 5) is 14.1. The van der Waals surface area contributed by atoms with Crippen LogP contribution in [0.5, 0.6) is 0 Å². The number of carbonyl (C=O) groups is 1. The Hall–Kier alpha value is -1.59. The van der Waals surface area contributed by atoms with Crippen LogP contribution in [0.4, 0.5) is 11.4 Å². The van der Waals surface area contributed by atoms with Crippen LogP contribution in [0.1, 0.15) is 12.0 Å². The second-order valence-corrected chi connectivity index (χ2v) is 4.88. The molecule has 1 amide bonds. The highest BCUT2D eigenvalue weighted by Gasteiger charge is 2.13. The Morgan fingerprint density at radius 3 is 3.05 bits per heavy atom. The molecule has 0 saturated carbocycles. The molecule has 0 atom stereocenters. The number of benzene rings is 1. The monoisotopic (exact) mass is 263 g/mol. The number of hydrogen-bond donors (Lipinski definition) is 2. The van der Waals surface area contributed by atoms with Crippen molar-refractivity contribution < 1.29 is 9.53 Å². The van der Waals surface area contributed by atoms with Crippen LogP contribution in [0, 0.1) is 6.92 Å². The molecule has 1 fully saturated rings. The van der Waals surface area contributed by atoms with Gasteiger partial charge in [0.2, 0.25) is 5.91 Å². The number of anilines is 2. The van der Waals surface area contributed by atoms with Gasteiger partial charge in [0.25, 0.3) is 0 Å². The molecule has 1 aromatic carbocycles. The van der Waals surface area contributed by atoms with E-state index in [1.807, 2.05) is 25.1 Å². The fourth-order valence-corrected chi connectivity index (χ4v) is 2.14. The molecule has 0 spiro atoms. The van der Waals surface area contributed by atoms with E-state index in [2.05, 4.69) is 10.2 Å². The van der Waals surface area contributed by atoms with Gasteiger partial charge in [-0.05, 0) is 31.0 Å². The van der Waals surface area contributed by atoms with Crippen molar-refractivity contribution in [1.82, 2.24) is 4.90 Å². The Kier molecular flexibility index (Phi) is 4.76. The summed E-state index contributed by atoms with van der Waals surface area (Å²) in [5.74, 6) is -0.0301. The van der Waals surface area contributed by atoms with Crippen LogP contribution < -0.4 is 11.1 Å². The number of nitrogens with one attached hydrogen (secondary N) is 1. The molecule has 3 N–H and O–H groups in total. The summed E-state index contributed by atoms with van der Waals surface area (Å²) in [5.41, 5.74) is 8.25. The molecule has 1 saturated heterocycles. The SMILES string of the molecule is Cc1ccc(NC(=O)CN2CCCOCC2)c(N)c1. The molecule has 1 aliphatic heterocycles. The summed E-state index contributed by atoms with van der Waals surface area (Å²) in [6, 6.07) is 5.63. The maximum atomic E-state index is 12.0. The first-order valence-corrected chi connectivity index (χ1v) is 6.61. The summed E-state index contributed by atoms with van der Waals surface area (Å²) < 4.78 is 5.36. The molecule has 1 aliphatic rings. The number of nitrogens with two attached hydrogens (primary N) is 1. The lowest BCUT2D eigenvalue weighted by molar-refractivity contribution is -0.117. The second kappa shape index (κ2) is 6.54. The first kappa shape index (κ1) is 13.8. The number of amides is 1. The Morgan fingerprint density at radius 2 is 2.26 bits per heavy atom. The normalized spacial score (nSPS) is 16.9. The van der Waals surface area contributed by atoms with E-state index in [0.717, 1.165) is 31.7 Å². The Morgan fingerprint density at radius 1 is 1.42 bits per heavy atom. The summed E-state index contributed by atoms with van der Waals surface area (Å²) >= 11 is 0. The van der Waals surface area contributed by atoms with Crippen molar-refractivity contribution in [2.75, 3.05) is 43.9 Å². The molecule has 2 rings (SSSR count). The molecule has 5 nitrogen and oxygen atoms in total. The number of hydrogen-bond acceptors (Lipinski definition) is 4. The number of nitrogen functional groups attached to an aromatic ring is 1. The molecule has 5 heteroatoms. The van der Waals surface area contributed by atoms with E-state index in [4.69, 9.17) is 10.5 Å². The number of carbonyl (C=O) groups excluding carboxylic acids is 1. The molecular weight excluding hydrogens is 242 g/mol. The van der Waals surface area contributed by atoms with E-state index in [1.54, 1.807) is 0 Å². The topological polar surface area (TPSA) is 67.6 Å². The third kappa shape index (κ3) is 4.22. The Bertz CT molecular complexity index is 440. The first-order valence-electron chi connectivity index (χ1n) is 6.61. The molecule has 0 radical (unpaired) electrons. The quantitative estimate of drug-likeness (QED) is 0.805. The zero-order valence-corrected chi connectivity index (χ0v) is 11.3. The molecule has 1 aromatic rings. The van der Waals surface area contributed by atoms with Crippen LogP contribution in [-0.4, -0.2) is 43.7 Å². The number of rotatable bonds is 3. The lowest BCUT2D eigenvalue weighted by atomic mass is 10.2. The molecule has 104 valence electrons. The van der Waals surface area contributed by atoms with Gasteiger partial charge >= 0.3 is 0 Å². The summed E-state index contributed by atoms with van der Waals surface area (Å²) in [7, 11) is 0. The van der Waals surface area contributed by atoms with Crippen LogP contribution in [0.2, 0.25) is 0 Å². The molecule has 0 aliphatic carbocycles. The second-order valence-electron chi connectivity index (χ2n) is 4.88. The van der Waals surface area contributed by atoms with Crippen molar-refractivity contribution in [3.8, 4) is 0 Å². The van der Waals surface area contributed by atoms with Gasteiger partial charge in [0.15, 0.2) is 0 Å². The van der Waals surface area contributed by atoms with Gasteiger partial charge in [-0.3, -0.25) is 9.69 Å². The Balaban J connectivity index is 1.89. The first-order chi connectivity index (χ1) is 9.15. The fourth-order valence-electron chi connectivity index (χ4n) is 2.14. The predicted molar refractivity (Wildman–Crippen MR) is 76.1 cm³/mol. The molecule has 0 bridgehead atoms. The van der Waals surface area contributed by atoms with Gasteiger partial charge in [0, 0.05) is 19.7 Å². The van der Waals surface area contributed by atoms with Gasteiger partial charge in [-0.2, -0.15) is 0 Å². The maximum Gasteiger partial charge on any atom is 0.238 e. The lowest BCUT2D eigenvalue weighted by Crippen LogP contribution is -2.35. The number of ether oxygens (including phenoxy) is 1. The molecule has 1 heterocycles.